The van der Waals surface area contributed by atoms with Crippen LogP contribution in [0.1, 0.15) is 12.5 Å². The lowest BCUT2D eigenvalue weighted by Crippen LogP contribution is -2.50. The Morgan fingerprint density at radius 2 is 2.14 bits per heavy atom. The number of rotatable bonds is 5. The molecule has 0 saturated carbocycles. The van der Waals surface area contributed by atoms with Crippen molar-refractivity contribution in [3.8, 4) is 11.8 Å². The van der Waals surface area contributed by atoms with Crippen LogP contribution in [-0.2, 0) is 4.74 Å². The lowest BCUT2D eigenvalue weighted by molar-refractivity contribution is 0.146. The van der Waals surface area contributed by atoms with Crippen LogP contribution in [0.5, 0.6) is 5.75 Å². The summed E-state index contributed by atoms with van der Waals surface area (Å²) in [6, 6.07) is 8.43. The first-order chi connectivity index (χ1) is 10.2. The van der Waals surface area contributed by atoms with Crippen molar-refractivity contribution < 1.29 is 9.47 Å². The van der Waals surface area contributed by atoms with E-state index in [2.05, 4.69) is 29.8 Å². The molecule has 2 rings (SSSR count). The molecular weight excluding hydrogens is 266 g/mol. The zero-order valence-corrected chi connectivity index (χ0v) is 13.0. The summed E-state index contributed by atoms with van der Waals surface area (Å²) in [6.45, 7) is 6.26. The second kappa shape index (κ2) is 7.30. The summed E-state index contributed by atoms with van der Waals surface area (Å²) in [6.07, 6.45) is 0. The Hall–Kier alpha value is -1.77. The lowest BCUT2D eigenvalue weighted by atomic mass is 10.1. The highest BCUT2D eigenvalue weighted by atomic mass is 16.5. The minimum atomic E-state index is 0.448. The fraction of sp³-hybridized carbons (Fsp3) is 0.562. The summed E-state index contributed by atoms with van der Waals surface area (Å²) >= 11 is 0. The van der Waals surface area contributed by atoms with Gasteiger partial charge in [0.15, 0.2) is 0 Å². The van der Waals surface area contributed by atoms with E-state index < -0.39 is 0 Å². The number of nitriles is 1. The van der Waals surface area contributed by atoms with E-state index in [0.717, 1.165) is 25.3 Å². The van der Waals surface area contributed by atoms with Crippen LogP contribution in [0.25, 0.3) is 0 Å². The number of hydrogen-bond acceptors (Lipinski definition) is 5. The SMILES string of the molecule is COCCOc1cc(N2CCN(C)CC2C)ccc1C#N. The van der Waals surface area contributed by atoms with Crippen molar-refractivity contribution in [2.75, 3.05) is 51.9 Å². The number of ether oxygens (including phenoxy) is 2. The number of anilines is 1. The average molecular weight is 289 g/mol. The molecule has 5 nitrogen and oxygen atoms in total. The highest BCUT2D eigenvalue weighted by Gasteiger charge is 2.22. The van der Waals surface area contributed by atoms with Gasteiger partial charge in [0, 0.05) is 44.5 Å². The van der Waals surface area contributed by atoms with Gasteiger partial charge in [-0.3, -0.25) is 0 Å². The monoisotopic (exact) mass is 289 g/mol. The largest absolute Gasteiger partial charge is 0.490 e. The molecule has 1 aromatic rings. The molecule has 0 aliphatic carbocycles. The molecule has 0 N–H and O–H groups in total. The number of likely N-dealkylation sites (N-methyl/N-ethyl adjacent to an activating group) is 1. The molecule has 1 saturated heterocycles. The van der Waals surface area contributed by atoms with Crippen LogP contribution in [0.15, 0.2) is 18.2 Å². The quantitative estimate of drug-likeness (QED) is 0.773. The van der Waals surface area contributed by atoms with E-state index in [0.29, 0.717) is 30.6 Å². The van der Waals surface area contributed by atoms with Gasteiger partial charge in [-0.05, 0) is 26.1 Å². The highest BCUT2D eigenvalue weighted by molar-refractivity contribution is 5.57. The topological polar surface area (TPSA) is 48.7 Å². The van der Waals surface area contributed by atoms with Crippen LogP contribution in [-0.4, -0.2) is 57.9 Å². The van der Waals surface area contributed by atoms with Crippen molar-refractivity contribution >= 4 is 5.69 Å². The van der Waals surface area contributed by atoms with E-state index in [4.69, 9.17) is 9.47 Å². The Labute approximate surface area is 126 Å². The fourth-order valence-corrected chi connectivity index (χ4v) is 2.66. The van der Waals surface area contributed by atoms with Gasteiger partial charge in [0.2, 0.25) is 0 Å². The van der Waals surface area contributed by atoms with Crippen LogP contribution in [0.2, 0.25) is 0 Å². The molecule has 0 amide bonds. The second-order valence-corrected chi connectivity index (χ2v) is 5.44. The molecule has 1 unspecified atom stereocenters. The standard InChI is InChI=1S/C16H23N3O2/c1-13-12-18(2)6-7-19(13)15-5-4-14(11-17)16(10-15)21-9-8-20-3/h4-5,10,13H,6-9,12H2,1-3H3. The normalized spacial score (nSPS) is 19.3. The van der Waals surface area contributed by atoms with E-state index in [1.54, 1.807) is 7.11 Å². The third-order valence-electron chi connectivity index (χ3n) is 3.79. The van der Waals surface area contributed by atoms with Gasteiger partial charge in [-0.25, -0.2) is 0 Å². The summed E-state index contributed by atoms with van der Waals surface area (Å²) < 4.78 is 10.7. The summed E-state index contributed by atoms with van der Waals surface area (Å²) in [5.41, 5.74) is 1.68. The van der Waals surface area contributed by atoms with Gasteiger partial charge in [-0.1, -0.05) is 0 Å². The molecule has 0 spiro atoms. The third kappa shape index (κ3) is 3.87. The second-order valence-electron chi connectivity index (χ2n) is 5.44. The first kappa shape index (κ1) is 15.6. The van der Waals surface area contributed by atoms with E-state index in [1.165, 1.54) is 0 Å². The summed E-state index contributed by atoms with van der Waals surface area (Å²) in [4.78, 5) is 4.70. The van der Waals surface area contributed by atoms with Gasteiger partial charge in [0.25, 0.3) is 0 Å². The van der Waals surface area contributed by atoms with Crippen molar-refractivity contribution in [2.45, 2.75) is 13.0 Å². The predicted molar refractivity (Wildman–Crippen MR) is 82.8 cm³/mol. The van der Waals surface area contributed by atoms with Crippen molar-refractivity contribution in [3.05, 3.63) is 23.8 Å². The van der Waals surface area contributed by atoms with E-state index >= 15 is 0 Å². The Morgan fingerprint density at radius 3 is 2.81 bits per heavy atom. The first-order valence-corrected chi connectivity index (χ1v) is 7.26. The Morgan fingerprint density at radius 1 is 1.33 bits per heavy atom. The molecule has 5 heteroatoms. The molecule has 1 atom stereocenters. The molecule has 21 heavy (non-hydrogen) atoms. The molecule has 0 radical (unpaired) electrons. The molecule has 1 heterocycles. The molecule has 1 aliphatic heterocycles. The minimum Gasteiger partial charge on any atom is -0.490 e. The van der Waals surface area contributed by atoms with Crippen LogP contribution < -0.4 is 9.64 Å². The Bertz CT molecular complexity index is 513. The van der Waals surface area contributed by atoms with Crippen LogP contribution in [0.4, 0.5) is 5.69 Å². The number of hydrogen-bond donors (Lipinski definition) is 0. The van der Waals surface area contributed by atoms with Gasteiger partial charge in [0.05, 0.1) is 12.2 Å². The fourth-order valence-electron chi connectivity index (χ4n) is 2.66. The number of benzene rings is 1. The van der Waals surface area contributed by atoms with Crippen molar-refractivity contribution in [1.82, 2.24) is 4.90 Å². The maximum atomic E-state index is 9.18. The third-order valence-corrected chi connectivity index (χ3v) is 3.79. The van der Waals surface area contributed by atoms with Gasteiger partial charge >= 0.3 is 0 Å². The summed E-state index contributed by atoms with van der Waals surface area (Å²) in [5, 5.41) is 9.18. The molecule has 0 aromatic heterocycles. The maximum Gasteiger partial charge on any atom is 0.139 e. The molecule has 1 aliphatic rings. The van der Waals surface area contributed by atoms with Crippen LogP contribution >= 0.6 is 0 Å². The maximum absolute atomic E-state index is 9.18. The average Bonchev–Trinajstić information content (AvgIpc) is 2.47. The highest BCUT2D eigenvalue weighted by Crippen LogP contribution is 2.27. The van der Waals surface area contributed by atoms with Crippen molar-refractivity contribution in [1.29, 1.82) is 5.26 Å². The zero-order chi connectivity index (χ0) is 15.2. The van der Waals surface area contributed by atoms with Crippen LogP contribution in [0, 0.1) is 11.3 Å². The predicted octanol–water partition coefficient (Wildman–Crippen LogP) is 1.72. The smallest absolute Gasteiger partial charge is 0.139 e. The zero-order valence-electron chi connectivity index (χ0n) is 13.0. The van der Waals surface area contributed by atoms with E-state index in [9.17, 15) is 5.26 Å². The van der Waals surface area contributed by atoms with Gasteiger partial charge in [-0.2, -0.15) is 5.26 Å². The van der Waals surface area contributed by atoms with Crippen molar-refractivity contribution in [3.63, 3.8) is 0 Å². The molecular formula is C16H23N3O2. The minimum absolute atomic E-state index is 0.448. The van der Waals surface area contributed by atoms with E-state index in [-0.39, 0.29) is 0 Å². The lowest BCUT2D eigenvalue weighted by Gasteiger charge is -2.40. The molecule has 1 fully saturated rings. The van der Waals surface area contributed by atoms with E-state index in [1.807, 2.05) is 18.2 Å². The van der Waals surface area contributed by atoms with Gasteiger partial charge in [-0.15, -0.1) is 0 Å². The summed E-state index contributed by atoms with van der Waals surface area (Å²) in [5.74, 6) is 0.637. The molecule has 1 aromatic carbocycles. The Kier molecular flexibility index (Phi) is 5.43. The molecule has 0 bridgehead atoms. The van der Waals surface area contributed by atoms with Gasteiger partial charge < -0.3 is 19.3 Å². The van der Waals surface area contributed by atoms with Crippen molar-refractivity contribution in [2.24, 2.45) is 0 Å². The molecule has 114 valence electrons. The number of nitrogens with zero attached hydrogens (tertiary/aromatic N) is 3. The Balaban J connectivity index is 2.17. The first-order valence-electron chi connectivity index (χ1n) is 7.26. The van der Waals surface area contributed by atoms with Gasteiger partial charge in [0.1, 0.15) is 18.4 Å². The number of piperazine rings is 1. The van der Waals surface area contributed by atoms with Crippen LogP contribution in [0.3, 0.4) is 0 Å². The summed E-state index contributed by atoms with van der Waals surface area (Å²) in [7, 11) is 3.78. The number of methoxy groups -OCH3 is 1.